The van der Waals surface area contributed by atoms with Gasteiger partial charge in [0.25, 0.3) is 5.89 Å². The van der Waals surface area contributed by atoms with E-state index in [1.54, 1.807) is 31.6 Å². The third-order valence-electron chi connectivity index (χ3n) is 5.13. The van der Waals surface area contributed by atoms with Gasteiger partial charge in [0.2, 0.25) is 0 Å². The Hall–Kier alpha value is -2.74. The molecule has 0 radical (unpaired) electrons. The van der Waals surface area contributed by atoms with E-state index in [1.807, 2.05) is 6.07 Å². The number of pyridine rings is 1. The van der Waals surface area contributed by atoms with Crippen molar-refractivity contribution in [2.24, 2.45) is 0 Å². The number of hydrogen-bond donors (Lipinski definition) is 0. The van der Waals surface area contributed by atoms with E-state index in [0.29, 0.717) is 22.4 Å². The van der Waals surface area contributed by atoms with Crippen molar-refractivity contribution < 1.29 is 14.1 Å². The molecule has 3 heterocycles. The molecule has 0 spiro atoms. The molecule has 0 bridgehead atoms. The fraction of sp³-hybridized carbons (Fsp3) is 0.389. The quantitative estimate of drug-likeness (QED) is 0.490. The molecular weight excluding hydrogens is 370 g/mol. The highest BCUT2D eigenvalue weighted by Gasteiger charge is 2.45. The zero-order chi connectivity index (χ0) is 19.0. The average molecular weight is 388 g/mol. The molecule has 140 valence electrons. The summed E-state index contributed by atoms with van der Waals surface area (Å²) in [7, 11) is 1.34. The van der Waals surface area contributed by atoms with Crippen LogP contribution in [0.4, 0.5) is 0 Å². The second-order valence-electron chi connectivity index (χ2n) is 6.64. The zero-order valence-electron chi connectivity index (χ0n) is 14.9. The highest BCUT2D eigenvalue weighted by Crippen LogP contribution is 2.48. The number of carbonyl (C=O) groups is 1. The summed E-state index contributed by atoms with van der Waals surface area (Å²) in [5, 5.41) is 8.87. The lowest BCUT2D eigenvalue weighted by atomic mass is 9.64. The largest absolute Gasteiger partial charge is 0.467 e. The summed E-state index contributed by atoms with van der Waals surface area (Å²) in [6.07, 6.45) is 7.99. The molecule has 9 heteroatoms. The molecule has 1 unspecified atom stereocenters. The van der Waals surface area contributed by atoms with Crippen molar-refractivity contribution in [1.82, 2.24) is 24.9 Å². The van der Waals surface area contributed by atoms with E-state index in [2.05, 4.69) is 20.2 Å². The SMILES string of the molecule is COC(=O)C(C)n1cc(-c2nc(C3(c4ccc(Cl)nc4)CCC3)no2)cn1. The van der Waals surface area contributed by atoms with Gasteiger partial charge in [-0.1, -0.05) is 29.2 Å². The van der Waals surface area contributed by atoms with Gasteiger partial charge in [0.15, 0.2) is 5.82 Å². The normalized spacial score (nSPS) is 16.6. The summed E-state index contributed by atoms with van der Waals surface area (Å²) in [5.74, 6) is 0.614. The highest BCUT2D eigenvalue weighted by molar-refractivity contribution is 6.29. The molecule has 3 aromatic rings. The van der Waals surface area contributed by atoms with Gasteiger partial charge in [0.05, 0.1) is 24.3 Å². The van der Waals surface area contributed by atoms with E-state index < -0.39 is 6.04 Å². The van der Waals surface area contributed by atoms with E-state index in [4.69, 9.17) is 20.9 Å². The summed E-state index contributed by atoms with van der Waals surface area (Å²) in [6, 6.07) is 3.20. The fourth-order valence-corrected chi connectivity index (χ4v) is 3.42. The topological polar surface area (TPSA) is 95.9 Å². The average Bonchev–Trinajstić information content (AvgIpc) is 3.30. The second kappa shape index (κ2) is 6.77. The Morgan fingerprint density at radius 3 is 2.81 bits per heavy atom. The number of hydrogen-bond acceptors (Lipinski definition) is 7. The number of ether oxygens (including phenoxy) is 1. The molecule has 0 aliphatic heterocycles. The van der Waals surface area contributed by atoms with Crippen LogP contribution in [0.2, 0.25) is 5.15 Å². The molecule has 4 rings (SSSR count). The van der Waals surface area contributed by atoms with Crippen molar-refractivity contribution >= 4 is 17.6 Å². The van der Waals surface area contributed by atoms with Gasteiger partial charge in [-0.15, -0.1) is 0 Å². The van der Waals surface area contributed by atoms with Crippen molar-refractivity contribution in [3.05, 3.63) is 47.3 Å². The molecule has 3 aromatic heterocycles. The first-order valence-corrected chi connectivity index (χ1v) is 9.00. The van der Waals surface area contributed by atoms with Crippen molar-refractivity contribution in [1.29, 1.82) is 0 Å². The highest BCUT2D eigenvalue weighted by atomic mass is 35.5. The molecular formula is C18H18ClN5O3. The van der Waals surface area contributed by atoms with E-state index in [-0.39, 0.29) is 11.4 Å². The maximum absolute atomic E-state index is 11.7. The summed E-state index contributed by atoms with van der Waals surface area (Å²) >= 11 is 5.91. The van der Waals surface area contributed by atoms with Crippen LogP contribution in [0.15, 0.2) is 35.2 Å². The van der Waals surface area contributed by atoms with Gasteiger partial charge in [-0.3, -0.25) is 4.68 Å². The minimum Gasteiger partial charge on any atom is -0.467 e. The minimum atomic E-state index is -0.538. The standard InChI is InChI=1S/C18H18ClN5O3/c1-11(16(25)26-2)24-10-12(8-21-24)15-22-17(23-27-15)18(6-3-7-18)13-4-5-14(19)20-9-13/h4-5,8-11H,3,6-7H2,1-2H3. The Morgan fingerprint density at radius 1 is 1.37 bits per heavy atom. The van der Waals surface area contributed by atoms with Crippen molar-refractivity contribution in [3.8, 4) is 11.5 Å². The lowest BCUT2D eigenvalue weighted by molar-refractivity contribution is -0.144. The second-order valence-corrected chi connectivity index (χ2v) is 7.02. The number of aromatic nitrogens is 5. The Labute approximate surface area is 160 Å². The van der Waals surface area contributed by atoms with E-state index >= 15 is 0 Å². The molecule has 1 aliphatic carbocycles. The van der Waals surface area contributed by atoms with Gasteiger partial charge in [-0.05, 0) is 31.4 Å². The molecule has 1 fully saturated rings. The third-order valence-corrected chi connectivity index (χ3v) is 5.35. The summed E-state index contributed by atoms with van der Waals surface area (Å²) in [5.41, 5.74) is 1.38. The number of halogens is 1. The van der Waals surface area contributed by atoms with Crippen molar-refractivity contribution in [2.75, 3.05) is 7.11 Å². The van der Waals surface area contributed by atoms with Crippen LogP contribution in [-0.2, 0) is 14.9 Å². The summed E-state index contributed by atoms with van der Waals surface area (Å²) in [4.78, 5) is 20.5. The monoisotopic (exact) mass is 387 g/mol. The fourth-order valence-electron chi connectivity index (χ4n) is 3.30. The number of esters is 1. The molecule has 0 N–H and O–H groups in total. The van der Waals surface area contributed by atoms with Crippen LogP contribution in [0.1, 0.15) is 43.6 Å². The Morgan fingerprint density at radius 2 is 2.19 bits per heavy atom. The van der Waals surface area contributed by atoms with Gasteiger partial charge in [0.1, 0.15) is 11.2 Å². The molecule has 1 saturated carbocycles. The molecule has 8 nitrogen and oxygen atoms in total. The van der Waals surface area contributed by atoms with E-state index in [9.17, 15) is 4.79 Å². The van der Waals surface area contributed by atoms with Crippen LogP contribution in [-0.4, -0.2) is 38.0 Å². The Balaban J connectivity index is 1.63. The first-order chi connectivity index (χ1) is 13.0. The number of rotatable bonds is 5. The predicted octanol–water partition coefficient (Wildman–Crippen LogP) is 3.19. The first kappa shape index (κ1) is 17.7. The maximum Gasteiger partial charge on any atom is 0.330 e. The number of carbonyl (C=O) groups excluding carboxylic acids is 1. The van der Waals surface area contributed by atoms with Gasteiger partial charge in [0, 0.05) is 12.4 Å². The van der Waals surface area contributed by atoms with Crippen LogP contribution in [0.25, 0.3) is 11.5 Å². The Kier molecular flexibility index (Phi) is 4.43. The molecule has 1 atom stereocenters. The van der Waals surface area contributed by atoms with Crippen LogP contribution in [0.3, 0.4) is 0 Å². The Bertz CT molecular complexity index is 962. The molecule has 0 amide bonds. The number of methoxy groups -OCH3 is 1. The molecule has 0 aromatic carbocycles. The van der Waals surface area contributed by atoms with Gasteiger partial charge in [-0.2, -0.15) is 10.1 Å². The number of nitrogens with zero attached hydrogens (tertiary/aromatic N) is 5. The minimum absolute atomic E-state index is 0.297. The summed E-state index contributed by atoms with van der Waals surface area (Å²) < 4.78 is 11.7. The molecule has 1 aliphatic rings. The van der Waals surface area contributed by atoms with Crippen molar-refractivity contribution in [3.63, 3.8) is 0 Å². The lowest BCUT2D eigenvalue weighted by Crippen LogP contribution is -2.36. The third kappa shape index (κ3) is 2.99. The van der Waals surface area contributed by atoms with Crippen LogP contribution in [0.5, 0.6) is 0 Å². The van der Waals surface area contributed by atoms with Gasteiger partial charge in [-0.25, -0.2) is 9.78 Å². The van der Waals surface area contributed by atoms with Crippen LogP contribution >= 0.6 is 11.6 Å². The van der Waals surface area contributed by atoms with Crippen molar-refractivity contribution in [2.45, 2.75) is 37.6 Å². The van der Waals surface area contributed by atoms with E-state index in [0.717, 1.165) is 24.8 Å². The van der Waals surface area contributed by atoms with Crippen LogP contribution in [0, 0.1) is 0 Å². The van der Waals surface area contributed by atoms with E-state index in [1.165, 1.54) is 11.8 Å². The smallest absolute Gasteiger partial charge is 0.330 e. The molecule has 0 saturated heterocycles. The van der Waals surface area contributed by atoms with Gasteiger partial charge < -0.3 is 9.26 Å². The first-order valence-electron chi connectivity index (χ1n) is 8.62. The summed E-state index contributed by atoms with van der Waals surface area (Å²) in [6.45, 7) is 1.71. The van der Waals surface area contributed by atoms with Gasteiger partial charge >= 0.3 is 5.97 Å². The zero-order valence-corrected chi connectivity index (χ0v) is 15.7. The van der Waals surface area contributed by atoms with Crippen LogP contribution < -0.4 is 0 Å². The molecule has 27 heavy (non-hydrogen) atoms. The lowest BCUT2D eigenvalue weighted by Gasteiger charge is -2.39. The maximum atomic E-state index is 11.7. The predicted molar refractivity (Wildman–Crippen MR) is 96.1 cm³/mol.